The van der Waals surface area contributed by atoms with Crippen molar-refractivity contribution in [3.63, 3.8) is 0 Å². The molecule has 1 N–H and O–H groups in total. The highest BCUT2D eigenvalue weighted by molar-refractivity contribution is 6.10. The third kappa shape index (κ3) is 2.31. The highest BCUT2D eigenvalue weighted by Gasteiger charge is 2.31. The lowest BCUT2D eigenvalue weighted by Crippen LogP contribution is -2.14. The minimum Gasteiger partial charge on any atom is -0.489 e. The molecule has 2 heterocycles. The molecule has 24 heavy (non-hydrogen) atoms. The number of nitrogens with one attached hydrogen (secondary N) is 1. The molecule has 4 heteroatoms. The van der Waals surface area contributed by atoms with Crippen LogP contribution in [0.5, 0.6) is 5.75 Å². The van der Waals surface area contributed by atoms with Crippen LogP contribution in [0.15, 0.2) is 54.7 Å². The summed E-state index contributed by atoms with van der Waals surface area (Å²) >= 11 is 0. The maximum atomic E-state index is 12.8. The van der Waals surface area contributed by atoms with Crippen molar-refractivity contribution in [2.75, 3.05) is 5.32 Å². The van der Waals surface area contributed by atoms with E-state index in [1.165, 1.54) is 0 Å². The number of anilines is 1. The van der Waals surface area contributed by atoms with Crippen LogP contribution in [0.2, 0.25) is 0 Å². The molecule has 0 saturated carbocycles. The lowest BCUT2D eigenvalue weighted by Gasteiger charge is -2.11. The monoisotopic (exact) mass is 318 g/mol. The van der Waals surface area contributed by atoms with Gasteiger partial charge in [-0.1, -0.05) is 37.3 Å². The summed E-state index contributed by atoms with van der Waals surface area (Å²) in [5.41, 5.74) is 3.14. The smallest absolute Gasteiger partial charge is 0.259 e. The number of carbonyl (C=O) groups is 1. The Bertz CT molecular complexity index is 931. The normalized spacial score (nSPS) is 18.9. The van der Waals surface area contributed by atoms with Crippen molar-refractivity contribution >= 4 is 22.5 Å². The van der Waals surface area contributed by atoms with E-state index < -0.39 is 0 Å². The molecule has 4 rings (SSSR count). The third-order valence-electron chi connectivity index (χ3n) is 4.67. The zero-order valence-electron chi connectivity index (χ0n) is 13.6. The molecule has 120 valence electrons. The van der Waals surface area contributed by atoms with Gasteiger partial charge in [-0.05, 0) is 25.1 Å². The van der Waals surface area contributed by atoms with E-state index >= 15 is 0 Å². The van der Waals surface area contributed by atoms with E-state index in [0.717, 1.165) is 16.5 Å². The van der Waals surface area contributed by atoms with Crippen molar-refractivity contribution in [3.8, 4) is 5.75 Å². The fourth-order valence-corrected chi connectivity index (χ4v) is 3.16. The summed E-state index contributed by atoms with van der Waals surface area (Å²) in [7, 11) is 0. The van der Waals surface area contributed by atoms with E-state index in [1.54, 1.807) is 12.3 Å². The summed E-state index contributed by atoms with van der Waals surface area (Å²) in [4.78, 5) is 17.2. The van der Waals surface area contributed by atoms with Crippen LogP contribution in [-0.4, -0.2) is 17.0 Å². The van der Waals surface area contributed by atoms with Crippen LogP contribution in [-0.2, 0) is 0 Å². The largest absolute Gasteiger partial charge is 0.489 e. The van der Waals surface area contributed by atoms with Gasteiger partial charge in [-0.15, -0.1) is 0 Å². The lowest BCUT2D eigenvalue weighted by molar-refractivity contribution is 0.102. The lowest BCUT2D eigenvalue weighted by atomic mass is 9.97. The van der Waals surface area contributed by atoms with Crippen LogP contribution < -0.4 is 10.1 Å². The molecule has 2 atom stereocenters. The van der Waals surface area contributed by atoms with Gasteiger partial charge in [0.1, 0.15) is 11.9 Å². The van der Waals surface area contributed by atoms with Crippen molar-refractivity contribution in [1.29, 1.82) is 0 Å². The van der Waals surface area contributed by atoms with Gasteiger partial charge in [-0.2, -0.15) is 0 Å². The van der Waals surface area contributed by atoms with Crippen molar-refractivity contribution in [2.45, 2.75) is 25.9 Å². The molecule has 2 aromatic carbocycles. The molecule has 1 aliphatic rings. The Morgan fingerprint density at radius 3 is 2.75 bits per heavy atom. The first-order valence-corrected chi connectivity index (χ1v) is 8.10. The number of carbonyl (C=O) groups excluding carboxylic acids is 1. The Hall–Kier alpha value is -2.88. The molecule has 0 bridgehead atoms. The highest BCUT2D eigenvalue weighted by atomic mass is 16.5. The van der Waals surface area contributed by atoms with Crippen molar-refractivity contribution in [3.05, 3.63) is 65.9 Å². The molecule has 0 fully saturated rings. The van der Waals surface area contributed by atoms with Crippen molar-refractivity contribution in [2.24, 2.45) is 0 Å². The number of benzene rings is 2. The zero-order chi connectivity index (χ0) is 16.7. The molecule has 1 aliphatic heterocycles. The first-order chi connectivity index (χ1) is 11.6. The Morgan fingerprint density at radius 2 is 1.88 bits per heavy atom. The number of ether oxygens (including phenoxy) is 1. The second-order valence-electron chi connectivity index (χ2n) is 6.17. The Morgan fingerprint density at radius 1 is 1.08 bits per heavy atom. The molecule has 0 aliphatic carbocycles. The van der Waals surface area contributed by atoms with Crippen LogP contribution >= 0.6 is 0 Å². The number of fused-ring (bicyclic) bond motifs is 2. The number of para-hydroxylation sites is 2. The number of aromatic nitrogens is 1. The summed E-state index contributed by atoms with van der Waals surface area (Å²) in [5, 5.41) is 3.97. The second-order valence-corrected chi connectivity index (χ2v) is 6.17. The van der Waals surface area contributed by atoms with Crippen LogP contribution in [0.1, 0.15) is 35.7 Å². The molecular formula is C20H18N2O2. The maximum absolute atomic E-state index is 12.8. The third-order valence-corrected chi connectivity index (χ3v) is 4.67. The minimum atomic E-state index is -0.175. The number of amides is 1. The van der Waals surface area contributed by atoms with Gasteiger partial charge in [0.25, 0.3) is 5.91 Å². The molecule has 4 nitrogen and oxygen atoms in total. The van der Waals surface area contributed by atoms with Crippen LogP contribution in [0.25, 0.3) is 10.9 Å². The van der Waals surface area contributed by atoms with Gasteiger partial charge < -0.3 is 10.1 Å². The Balaban J connectivity index is 1.71. The van der Waals surface area contributed by atoms with Crippen LogP contribution in [0.4, 0.5) is 5.69 Å². The average Bonchev–Trinajstić information content (AvgIpc) is 2.90. The predicted molar refractivity (Wildman–Crippen MR) is 94.6 cm³/mol. The van der Waals surface area contributed by atoms with Gasteiger partial charge in [0.2, 0.25) is 0 Å². The molecule has 1 aromatic heterocycles. The topological polar surface area (TPSA) is 51.2 Å². The summed E-state index contributed by atoms with van der Waals surface area (Å²) < 4.78 is 5.92. The molecule has 0 saturated heterocycles. The van der Waals surface area contributed by atoms with Gasteiger partial charge in [0, 0.05) is 23.1 Å². The van der Waals surface area contributed by atoms with E-state index in [2.05, 4.69) is 17.2 Å². The first-order valence-electron chi connectivity index (χ1n) is 8.10. The quantitative estimate of drug-likeness (QED) is 0.763. The number of hydrogen-bond donors (Lipinski definition) is 1. The van der Waals surface area contributed by atoms with Crippen molar-refractivity contribution in [1.82, 2.24) is 4.98 Å². The summed E-state index contributed by atoms with van der Waals surface area (Å²) in [6.45, 7) is 4.15. The zero-order valence-corrected chi connectivity index (χ0v) is 13.6. The number of hydrogen-bond acceptors (Lipinski definition) is 3. The van der Waals surface area contributed by atoms with E-state index in [0.29, 0.717) is 17.0 Å². The van der Waals surface area contributed by atoms with Crippen molar-refractivity contribution < 1.29 is 9.53 Å². The number of pyridine rings is 1. The van der Waals surface area contributed by atoms with Gasteiger partial charge in [0.05, 0.1) is 16.8 Å². The Kier molecular flexibility index (Phi) is 3.45. The van der Waals surface area contributed by atoms with Gasteiger partial charge in [-0.3, -0.25) is 9.78 Å². The molecule has 0 spiro atoms. The average molecular weight is 318 g/mol. The first kappa shape index (κ1) is 14.7. The van der Waals surface area contributed by atoms with Gasteiger partial charge >= 0.3 is 0 Å². The van der Waals surface area contributed by atoms with Crippen LogP contribution in [0.3, 0.4) is 0 Å². The van der Waals surface area contributed by atoms with E-state index in [4.69, 9.17) is 4.74 Å². The summed E-state index contributed by atoms with van der Waals surface area (Å²) in [6, 6.07) is 15.4. The summed E-state index contributed by atoms with van der Waals surface area (Å²) in [5.74, 6) is 0.807. The molecule has 1 amide bonds. The van der Waals surface area contributed by atoms with Gasteiger partial charge in [-0.25, -0.2) is 0 Å². The minimum absolute atomic E-state index is 0.0770. The predicted octanol–water partition coefficient (Wildman–Crippen LogP) is 4.37. The summed E-state index contributed by atoms with van der Waals surface area (Å²) in [6.07, 6.45) is 1.80. The molecule has 0 unspecified atom stereocenters. The molecule has 0 radical (unpaired) electrons. The Labute approximate surface area is 140 Å². The fourth-order valence-electron chi connectivity index (χ4n) is 3.16. The number of nitrogens with zero attached hydrogens (tertiary/aromatic N) is 1. The highest BCUT2D eigenvalue weighted by Crippen LogP contribution is 2.40. The van der Waals surface area contributed by atoms with E-state index in [1.807, 2.05) is 49.4 Å². The second kappa shape index (κ2) is 5.64. The van der Waals surface area contributed by atoms with Crippen LogP contribution in [0, 0.1) is 0 Å². The molecular weight excluding hydrogens is 300 g/mol. The maximum Gasteiger partial charge on any atom is 0.259 e. The molecule has 3 aromatic rings. The van der Waals surface area contributed by atoms with Gasteiger partial charge in [0.15, 0.2) is 0 Å². The number of rotatable bonds is 2. The standard InChI is InChI=1S/C20H18N2O2/c1-12-13(2)24-19-15(12)8-4-9-16(19)20(23)22-17-10-3-6-14-7-5-11-21-18(14)17/h3-13H,1-2H3,(H,22,23)/t12-,13-/m1/s1. The van der Waals surface area contributed by atoms with E-state index in [-0.39, 0.29) is 17.9 Å². The van der Waals surface area contributed by atoms with E-state index in [9.17, 15) is 4.79 Å². The fraction of sp³-hybridized carbons (Fsp3) is 0.200. The SMILES string of the molecule is C[C@H]1Oc2c(C(=O)Nc3cccc4cccnc34)cccc2[C@@H]1C.